The van der Waals surface area contributed by atoms with Crippen LogP contribution in [-0.2, 0) is 4.79 Å². The van der Waals surface area contributed by atoms with Crippen LogP contribution in [0, 0.1) is 0 Å². The van der Waals surface area contributed by atoms with E-state index in [-0.39, 0.29) is 5.91 Å². The van der Waals surface area contributed by atoms with Crippen LogP contribution in [0.2, 0.25) is 5.02 Å². The number of aliphatic carboxylic acids is 1. The molecule has 0 fully saturated rings. The second kappa shape index (κ2) is 6.72. The second-order valence-electron chi connectivity index (χ2n) is 4.23. The number of nitrogens with one attached hydrogen (secondary N) is 1. The number of carbonyl (C=O) groups is 2. The molecule has 106 valence electrons. The third-order valence-corrected chi connectivity index (χ3v) is 3.02. The van der Waals surface area contributed by atoms with Crippen LogP contribution in [0.25, 0.3) is 6.08 Å². The minimum Gasteiger partial charge on any atom is -0.478 e. The molecule has 2 aromatic rings. The fraction of sp³-hybridized carbons (Fsp3) is 0. The van der Waals surface area contributed by atoms with Gasteiger partial charge in [0.2, 0.25) is 0 Å². The van der Waals surface area contributed by atoms with Crippen LogP contribution in [-0.4, -0.2) is 17.0 Å². The number of carboxylic acid groups (broad SMARTS) is 1. The van der Waals surface area contributed by atoms with Gasteiger partial charge in [-0.05, 0) is 35.9 Å². The van der Waals surface area contributed by atoms with E-state index in [1.54, 1.807) is 48.5 Å². The molecule has 4 nitrogen and oxygen atoms in total. The van der Waals surface area contributed by atoms with Gasteiger partial charge in [0.25, 0.3) is 5.91 Å². The molecule has 0 aliphatic rings. The first-order chi connectivity index (χ1) is 10.1. The summed E-state index contributed by atoms with van der Waals surface area (Å²) >= 11 is 5.98. The van der Waals surface area contributed by atoms with Crippen LogP contribution in [0.5, 0.6) is 0 Å². The van der Waals surface area contributed by atoms with Gasteiger partial charge in [0.15, 0.2) is 0 Å². The van der Waals surface area contributed by atoms with Gasteiger partial charge in [-0.25, -0.2) is 4.79 Å². The first-order valence-electron chi connectivity index (χ1n) is 6.13. The lowest BCUT2D eigenvalue weighted by Crippen LogP contribution is -2.12. The average molecular weight is 302 g/mol. The van der Waals surface area contributed by atoms with Crippen LogP contribution in [0.15, 0.2) is 54.6 Å². The highest BCUT2D eigenvalue weighted by Gasteiger charge is 2.08. The van der Waals surface area contributed by atoms with E-state index in [0.29, 0.717) is 21.8 Å². The maximum absolute atomic E-state index is 12.1. The largest absolute Gasteiger partial charge is 0.478 e. The quantitative estimate of drug-likeness (QED) is 0.846. The Morgan fingerprint density at radius 1 is 1.10 bits per heavy atom. The maximum atomic E-state index is 12.1. The van der Waals surface area contributed by atoms with Crippen LogP contribution >= 0.6 is 11.6 Å². The fourth-order valence-electron chi connectivity index (χ4n) is 1.71. The number of amides is 1. The predicted molar refractivity (Wildman–Crippen MR) is 82.5 cm³/mol. The Labute approximate surface area is 126 Å². The lowest BCUT2D eigenvalue weighted by atomic mass is 10.1. The van der Waals surface area contributed by atoms with E-state index in [1.807, 2.05) is 0 Å². The van der Waals surface area contributed by atoms with E-state index in [2.05, 4.69) is 5.32 Å². The van der Waals surface area contributed by atoms with Gasteiger partial charge in [0, 0.05) is 11.6 Å². The molecule has 0 radical (unpaired) electrons. The number of para-hydroxylation sites is 1. The van der Waals surface area contributed by atoms with Gasteiger partial charge >= 0.3 is 5.97 Å². The number of hydrogen-bond acceptors (Lipinski definition) is 2. The smallest absolute Gasteiger partial charge is 0.328 e. The predicted octanol–water partition coefficient (Wildman–Crippen LogP) is 3.69. The normalized spacial score (nSPS) is 10.5. The average Bonchev–Trinajstić information content (AvgIpc) is 2.48. The number of rotatable bonds is 4. The Bertz CT molecular complexity index is 710. The Morgan fingerprint density at radius 2 is 1.86 bits per heavy atom. The molecule has 0 spiro atoms. The monoisotopic (exact) mass is 301 g/mol. The van der Waals surface area contributed by atoms with Crippen molar-refractivity contribution in [3.05, 3.63) is 70.8 Å². The van der Waals surface area contributed by atoms with Crippen molar-refractivity contribution in [3.63, 3.8) is 0 Å². The summed E-state index contributed by atoms with van der Waals surface area (Å²) in [4.78, 5) is 22.6. The molecule has 5 heteroatoms. The highest BCUT2D eigenvalue weighted by molar-refractivity contribution is 6.33. The molecule has 1 amide bonds. The van der Waals surface area contributed by atoms with Crippen LogP contribution in [0.1, 0.15) is 15.9 Å². The van der Waals surface area contributed by atoms with Crippen molar-refractivity contribution in [2.45, 2.75) is 0 Å². The molecule has 0 heterocycles. The number of halogens is 1. The molecule has 0 atom stereocenters. The summed E-state index contributed by atoms with van der Waals surface area (Å²) in [5, 5.41) is 11.8. The van der Waals surface area contributed by atoms with Gasteiger partial charge < -0.3 is 10.4 Å². The topological polar surface area (TPSA) is 66.4 Å². The number of carbonyl (C=O) groups excluding carboxylic acids is 1. The van der Waals surface area contributed by atoms with Crippen molar-refractivity contribution in [3.8, 4) is 0 Å². The SMILES string of the molecule is O=C(O)C=Cc1cccc(C(=O)Nc2ccccc2Cl)c1. The third-order valence-electron chi connectivity index (χ3n) is 2.69. The molecule has 2 N–H and O–H groups in total. The summed E-state index contributed by atoms with van der Waals surface area (Å²) in [6.07, 6.45) is 2.44. The Balaban J connectivity index is 2.18. The Kier molecular flexibility index (Phi) is 4.74. The molecule has 0 aromatic heterocycles. The molecule has 21 heavy (non-hydrogen) atoms. The summed E-state index contributed by atoms with van der Waals surface area (Å²) in [5.74, 6) is -1.35. The zero-order chi connectivity index (χ0) is 15.2. The molecule has 0 aliphatic heterocycles. The van der Waals surface area contributed by atoms with Gasteiger partial charge in [-0.15, -0.1) is 0 Å². The van der Waals surface area contributed by atoms with Crippen LogP contribution in [0.4, 0.5) is 5.69 Å². The standard InChI is InChI=1S/C16H12ClNO3/c17-13-6-1-2-7-14(13)18-16(21)12-5-3-4-11(10-12)8-9-15(19)20/h1-10H,(H,18,21)(H,19,20). The minimum atomic E-state index is -1.04. The van der Waals surface area contributed by atoms with Gasteiger partial charge in [0.1, 0.15) is 0 Å². The first kappa shape index (κ1) is 14.8. The molecule has 0 unspecified atom stereocenters. The van der Waals surface area contributed by atoms with Gasteiger partial charge in [-0.2, -0.15) is 0 Å². The molecule has 0 saturated heterocycles. The van der Waals surface area contributed by atoms with Crippen molar-refractivity contribution in [2.75, 3.05) is 5.32 Å². The zero-order valence-electron chi connectivity index (χ0n) is 10.9. The van der Waals surface area contributed by atoms with Crippen LogP contribution in [0.3, 0.4) is 0 Å². The van der Waals surface area contributed by atoms with E-state index in [1.165, 1.54) is 6.08 Å². The van der Waals surface area contributed by atoms with Gasteiger partial charge in [-0.1, -0.05) is 35.9 Å². The van der Waals surface area contributed by atoms with Crippen LogP contribution < -0.4 is 5.32 Å². The molecule has 2 aromatic carbocycles. The van der Waals surface area contributed by atoms with E-state index in [9.17, 15) is 9.59 Å². The number of carboxylic acids is 1. The lowest BCUT2D eigenvalue weighted by Gasteiger charge is -2.07. The van der Waals surface area contributed by atoms with Crippen molar-refractivity contribution < 1.29 is 14.7 Å². The number of benzene rings is 2. The fourth-order valence-corrected chi connectivity index (χ4v) is 1.89. The van der Waals surface area contributed by atoms with Crippen molar-refractivity contribution >= 4 is 35.2 Å². The van der Waals surface area contributed by atoms with Gasteiger partial charge in [0.05, 0.1) is 10.7 Å². The summed E-state index contributed by atoms with van der Waals surface area (Å²) in [7, 11) is 0. The first-order valence-corrected chi connectivity index (χ1v) is 6.51. The summed E-state index contributed by atoms with van der Waals surface area (Å²) < 4.78 is 0. The van der Waals surface area contributed by atoms with E-state index < -0.39 is 5.97 Å². The van der Waals surface area contributed by atoms with Crippen molar-refractivity contribution in [2.24, 2.45) is 0 Å². The van der Waals surface area contributed by atoms with E-state index >= 15 is 0 Å². The van der Waals surface area contributed by atoms with Crippen molar-refractivity contribution in [1.29, 1.82) is 0 Å². The highest BCUT2D eigenvalue weighted by Crippen LogP contribution is 2.21. The Morgan fingerprint density at radius 3 is 2.57 bits per heavy atom. The molecule has 0 bridgehead atoms. The maximum Gasteiger partial charge on any atom is 0.328 e. The lowest BCUT2D eigenvalue weighted by molar-refractivity contribution is -0.131. The number of anilines is 1. The highest BCUT2D eigenvalue weighted by atomic mass is 35.5. The van der Waals surface area contributed by atoms with E-state index in [0.717, 1.165) is 6.08 Å². The molecular formula is C16H12ClNO3. The second-order valence-corrected chi connectivity index (χ2v) is 4.64. The zero-order valence-corrected chi connectivity index (χ0v) is 11.7. The molecule has 2 rings (SSSR count). The third kappa shape index (κ3) is 4.19. The van der Waals surface area contributed by atoms with E-state index in [4.69, 9.17) is 16.7 Å². The summed E-state index contributed by atoms with van der Waals surface area (Å²) in [6, 6.07) is 13.6. The van der Waals surface area contributed by atoms with Gasteiger partial charge in [-0.3, -0.25) is 4.79 Å². The summed E-state index contributed by atoms with van der Waals surface area (Å²) in [6.45, 7) is 0. The Hall–Kier alpha value is -2.59. The summed E-state index contributed by atoms with van der Waals surface area (Å²) in [5.41, 5.74) is 1.57. The van der Waals surface area contributed by atoms with Crippen molar-refractivity contribution in [1.82, 2.24) is 0 Å². The minimum absolute atomic E-state index is 0.311. The molecule has 0 aliphatic carbocycles. The number of hydrogen-bond donors (Lipinski definition) is 2. The molecular weight excluding hydrogens is 290 g/mol. The molecule has 0 saturated carbocycles.